The van der Waals surface area contributed by atoms with Crippen molar-refractivity contribution in [2.24, 2.45) is 0 Å². The Morgan fingerprint density at radius 3 is 2.71 bits per heavy atom. The van der Waals surface area contributed by atoms with Crippen LogP contribution in [-0.2, 0) is 6.18 Å². The molecule has 1 N–H and O–H groups in total. The number of aliphatic hydroxyl groups is 1. The number of halogens is 3. The Bertz CT molecular complexity index is 659. The van der Waals surface area contributed by atoms with Gasteiger partial charge in [0.25, 0.3) is 5.91 Å². The van der Waals surface area contributed by atoms with Gasteiger partial charge in [-0.25, -0.2) is 0 Å². The molecule has 0 radical (unpaired) electrons. The van der Waals surface area contributed by atoms with E-state index in [1.54, 1.807) is 13.8 Å². The van der Waals surface area contributed by atoms with Gasteiger partial charge in [-0.05, 0) is 32.4 Å². The molecule has 2 aliphatic rings. The summed E-state index contributed by atoms with van der Waals surface area (Å²) in [6.45, 7) is 3.50. The van der Waals surface area contributed by atoms with E-state index in [9.17, 15) is 23.1 Å². The number of nitrogens with zero attached hydrogens (tertiary/aromatic N) is 1. The van der Waals surface area contributed by atoms with Crippen LogP contribution in [0.15, 0.2) is 12.1 Å². The highest BCUT2D eigenvalue weighted by atomic mass is 19.4. The monoisotopic (exact) mass is 345 g/mol. The molecule has 24 heavy (non-hydrogen) atoms. The van der Waals surface area contributed by atoms with Crippen molar-refractivity contribution in [1.82, 2.24) is 4.90 Å². The zero-order valence-corrected chi connectivity index (χ0v) is 13.3. The molecule has 0 unspecified atom stereocenters. The summed E-state index contributed by atoms with van der Waals surface area (Å²) in [7, 11) is 0. The maximum atomic E-state index is 13.1. The summed E-state index contributed by atoms with van der Waals surface area (Å²) in [5, 5.41) is 9.75. The summed E-state index contributed by atoms with van der Waals surface area (Å²) >= 11 is 0. The molecule has 1 fully saturated rings. The molecular weight excluding hydrogens is 327 g/mol. The van der Waals surface area contributed by atoms with E-state index in [1.165, 1.54) is 4.90 Å². The van der Waals surface area contributed by atoms with Crippen LogP contribution in [0.4, 0.5) is 13.2 Å². The second kappa shape index (κ2) is 5.84. The molecule has 8 heteroatoms. The summed E-state index contributed by atoms with van der Waals surface area (Å²) in [5.41, 5.74) is -0.944. The highest BCUT2D eigenvalue weighted by molar-refractivity contribution is 6.00. The average Bonchev–Trinajstić information content (AvgIpc) is 2.77. The van der Waals surface area contributed by atoms with Crippen molar-refractivity contribution in [3.8, 4) is 11.5 Å². The predicted molar refractivity (Wildman–Crippen MR) is 78.2 cm³/mol. The fraction of sp³-hybridized carbons (Fsp3) is 0.562. The topological polar surface area (TPSA) is 59.0 Å². The Kier molecular flexibility index (Phi) is 4.11. The van der Waals surface area contributed by atoms with Crippen LogP contribution in [0.25, 0.3) is 0 Å². The van der Waals surface area contributed by atoms with E-state index < -0.39 is 29.9 Å². The summed E-state index contributed by atoms with van der Waals surface area (Å²) < 4.78 is 50.3. The van der Waals surface area contributed by atoms with Gasteiger partial charge in [0.05, 0.1) is 23.8 Å². The lowest BCUT2D eigenvalue weighted by molar-refractivity contribution is -0.137. The van der Waals surface area contributed by atoms with E-state index in [1.807, 2.05) is 0 Å². The molecule has 1 aromatic carbocycles. The summed E-state index contributed by atoms with van der Waals surface area (Å²) in [6.07, 6.45) is -5.30. The van der Waals surface area contributed by atoms with Crippen molar-refractivity contribution in [2.45, 2.75) is 44.7 Å². The second-order valence-corrected chi connectivity index (χ2v) is 6.32. The molecule has 2 aliphatic heterocycles. The van der Waals surface area contributed by atoms with Crippen molar-refractivity contribution in [1.29, 1.82) is 0 Å². The zero-order chi connectivity index (χ0) is 17.6. The number of rotatable bonds is 2. The Hall–Kier alpha value is -1.96. The van der Waals surface area contributed by atoms with Crippen molar-refractivity contribution in [3.05, 3.63) is 23.3 Å². The molecule has 0 bridgehead atoms. The van der Waals surface area contributed by atoms with Gasteiger partial charge in [-0.15, -0.1) is 0 Å². The van der Waals surface area contributed by atoms with E-state index in [2.05, 4.69) is 0 Å². The second-order valence-electron chi connectivity index (χ2n) is 6.32. The smallest absolute Gasteiger partial charge is 0.416 e. The Morgan fingerprint density at radius 2 is 2.08 bits per heavy atom. The van der Waals surface area contributed by atoms with Crippen molar-refractivity contribution in [3.63, 3.8) is 0 Å². The largest absolute Gasteiger partial charge is 0.490 e. The number of hydrogen-bond acceptors (Lipinski definition) is 4. The third-order valence-corrected chi connectivity index (χ3v) is 4.05. The first-order valence-electron chi connectivity index (χ1n) is 7.70. The first kappa shape index (κ1) is 16.9. The number of hydrogen-bond donors (Lipinski definition) is 1. The molecule has 0 aliphatic carbocycles. The lowest BCUT2D eigenvalue weighted by atomic mass is 10.1. The van der Waals surface area contributed by atoms with Gasteiger partial charge in [-0.3, -0.25) is 4.79 Å². The van der Waals surface area contributed by atoms with Gasteiger partial charge in [-0.1, -0.05) is 0 Å². The number of ether oxygens (including phenoxy) is 2. The van der Waals surface area contributed by atoms with Crippen molar-refractivity contribution < 1.29 is 32.5 Å². The minimum absolute atomic E-state index is 0.0201. The zero-order valence-electron chi connectivity index (χ0n) is 13.3. The molecule has 2 atom stereocenters. The first-order valence-corrected chi connectivity index (χ1v) is 7.70. The fourth-order valence-electron chi connectivity index (χ4n) is 3.05. The van der Waals surface area contributed by atoms with E-state index in [-0.39, 0.29) is 36.3 Å². The van der Waals surface area contributed by atoms with E-state index in [0.29, 0.717) is 6.42 Å². The molecule has 0 spiro atoms. The number of carbonyl (C=O) groups excluding carboxylic acids is 1. The molecule has 5 nitrogen and oxygen atoms in total. The van der Waals surface area contributed by atoms with Gasteiger partial charge >= 0.3 is 6.18 Å². The van der Waals surface area contributed by atoms with Crippen molar-refractivity contribution in [2.75, 3.05) is 13.2 Å². The number of benzene rings is 1. The van der Waals surface area contributed by atoms with Gasteiger partial charge < -0.3 is 19.5 Å². The molecular formula is C16H18F3NO4. The number of fused-ring (bicyclic) bond motifs is 2. The number of carbonyl (C=O) groups is 1. The lowest BCUT2D eigenvalue weighted by Gasteiger charge is -2.22. The average molecular weight is 345 g/mol. The van der Waals surface area contributed by atoms with E-state index >= 15 is 0 Å². The number of amides is 1. The standard InChI is InChI=1S/C16H18F3NO4/c1-8(2)24-13-4-9(16(17,18)19)3-12-14(13)15(22)20-6-11(21)5-10(20)7-23-12/h3-4,8,10-11,21H,5-7H2,1-2H3/t10-,11-/m1/s1. The van der Waals surface area contributed by atoms with Crippen LogP contribution in [0.2, 0.25) is 0 Å². The molecule has 1 amide bonds. The molecule has 3 rings (SSSR count). The third kappa shape index (κ3) is 3.02. The van der Waals surface area contributed by atoms with Gasteiger partial charge in [0, 0.05) is 6.54 Å². The maximum Gasteiger partial charge on any atom is 0.416 e. The molecule has 0 aromatic heterocycles. The molecule has 0 saturated carbocycles. The SMILES string of the molecule is CC(C)Oc1cc(C(F)(F)F)cc2c1C(=O)N1C[C@H](O)C[C@@H]1CO2. The van der Waals surface area contributed by atoms with Crippen LogP contribution in [0.3, 0.4) is 0 Å². The summed E-state index contributed by atoms with van der Waals surface area (Å²) in [4.78, 5) is 14.2. The Morgan fingerprint density at radius 1 is 1.38 bits per heavy atom. The van der Waals surface area contributed by atoms with Crippen LogP contribution >= 0.6 is 0 Å². The molecule has 1 aromatic rings. The highest BCUT2D eigenvalue weighted by Gasteiger charge is 2.42. The Labute approximate surface area is 137 Å². The minimum Gasteiger partial charge on any atom is -0.490 e. The first-order chi connectivity index (χ1) is 11.2. The lowest BCUT2D eigenvalue weighted by Crippen LogP contribution is -2.37. The summed E-state index contributed by atoms with van der Waals surface area (Å²) in [5.74, 6) is -0.760. The van der Waals surface area contributed by atoms with E-state index in [4.69, 9.17) is 9.47 Å². The van der Waals surface area contributed by atoms with Gasteiger partial charge in [0.15, 0.2) is 0 Å². The summed E-state index contributed by atoms with van der Waals surface area (Å²) in [6, 6.07) is 1.30. The minimum atomic E-state index is -4.57. The molecule has 132 valence electrons. The predicted octanol–water partition coefficient (Wildman–Crippen LogP) is 2.46. The van der Waals surface area contributed by atoms with Gasteiger partial charge in [0.2, 0.25) is 0 Å². The van der Waals surface area contributed by atoms with E-state index in [0.717, 1.165) is 12.1 Å². The quantitative estimate of drug-likeness (QED) is 0.895. The third-order valence-electron chi connectivity index (χ3n) is 4.05. The van der Waals surface area contributed by atoms with Crippen LogP contribution in [0.5, 0.6) is 11.5 Å². The Balaban J connectivity index is 2.11. The van der Waals surface area contributed by atoms with Gasteiger partial charge in [-0.2, -0.15) is 13.2 Å². The van der Waals surface area contributed by atoms with Gasteiger partial charge in [0.1, 0.15) is 23.7 Å². The maximum absolute atomic E-state index is 13.1. The van der Waals surface area contributed by atoms with Crippen LogP contribution in [0.1, 0.15) is 36.2 Å². The number of alkyl halides is 3. The van der Waals surface area contributed by atoms with Crippen molar-refractivity contribution >= 4 is 5.91 Å². The number of aliphatic hydroxyl groups excluding tert-OH is 1. The normalized spacial score (nSPS) is 23.6. The van der Waals surface area contributed by atoms with Crippen LogP contribution < -0.4 is 9.47 Å². The molecule has 2 heterocycles. The van der Waals surface area contributed by atoms with Crippen LogP contribution in [0, 0.1) is 0 Å². The van der Waals surface area contributed by atoms with Crippen LogP contribution in [-0.4, -0.2) is 47.3 Å². The molecule has 1 saturated heterocycles. The fourth-order valence-corrected chi connectivity index (χ4v) is 3.05. The highest BCUT2D eigenvalue weighted by Crippen LogP contribution is 2.41.